The number of hydrogen-bond donors (Lipinski definition) is 3. The Kier molecular flexibility index (Phi) is 6.13. The van der Waals surface area contributed by atoms with Crippen LogP contribution in [0, 0.1) is 5.41 Å². The van der Waals surface area contributed by atoms with E-state index in [1.165, 1.54) is 12.4 Å². The van der Waals surface area contributed by atoms with Crippen LogP contribution in [0.2, 0.25) is 0 Å². The number of aliphatic carboxylic acids is 1. The second-order valence-electron chi connectivity index (χ2n) is 4.33. The summed E-state index contributed by atoms with van der Waals surface area (Å²) in [5.41, 5.74) is 1.90. The topological polar surface area (TPSA) is 88.8 Å². The summed E-state index contributed by atoms with van der Waals surface area (Å²) < 4.78 is 0. The van der Waals surface area contributed by atoms with E-state index in [1.807, 2.05) is 6.92 Å². The molecule has 0 bridgehead atoms. The van der Waals surface area contributed by atoms with Gasteiger partial charge in [0.25, 0.3) is 0 Å². The van der Waals surface area contributed by atoms with Crippen LogP contribution in [0.4, 0.5) is 0 Å². The van der Waals surface area contributed by atoms with Crippen LogP contribution in [0.15, 0.2) is 52.1 Å². The zero-order chi connectivity index (χ0) is 15.8. The van der Waals surface area contributed by atoms with Crippen molar-refractivity contribution in [1.82, 2.24) is 10.2 Å². The maximum Gasteiger partial charge on any atom is 0.337 e. The molecule has 1 rings (SSSR count). The third kappa shape index (κ3) is 4.17. The van der Waals surface area contributed by atoms with Gasteiger partial charge in [0.15, 0.2) is 0 Å². The first-order chi connectivity index (χ1) is 10.0. The van der Waals surface area contributed by atoms with Gasteiger partial charge in [0.2, 0.25) is 0 Å². The van der Waals surface area contributed by atoms with E-state index in [9.17, 15) is 9.90 Å². The van der Waals surface area contributed by atoms with Gasteiger partial charge in [0.1, 0.15) is 0 Å². The molecule has 0 unspecified atom stereocenters. The molecule has 0 aromatic rings. The largest absolute Gasteiger partial charge is 0.478 e. The Labute approximate surface area is 124 Å². The minimum absolute atomic E-state index is 0.187. The van der Waals surface area contributed by atoms with Crippen LogP contribution in [0.5, 0.6) is 0 Å². The maximum absolute atomic E-state index is 11.3. The maximum atomic E-state index is 11.3. The Hall–Kier alpha value is -2.63. The van der Waals surface area contributed by atoms with Crippen molar-refractivity contribution >= 4 is 18.4 Å². The zero-order valence-electron chi connectivity index (χ0n) is 12.4. The van der Waals surface area contributed by atoms with Crippen molar-refractivity contribution in [2.75, 3.05) is 14.1 Å². The molecule has 0 saturated heterocycles. The molecule has 21 heavy (non-hydrogen) atoms. The van der Waals surface area contributed by atoms with Crippen molar-refractivity contribution in [2.45, 2.75) is 13.3 Å². The van der Waals surface area contributed by atoms with E-state index in [4.69, 9.17) is 5.41 Å². The van der Waals surface area contributed by atoms with Gasteiger partial charge < -0.3 is 20.7 Å². The predicted molar refractivity (Wildman–Crippen MR) is 84.4 cm³/mol. The van der Waals surface area contributed by atoms with Crippen LogP contribution in [0.3, 0.4) is 0 Å². The van der Waals surface area contributed by atoms with Crippen molar-refractivity contribution in [2.24, 2.45) is 4.99 Å². The van der Waals surface area contributed by atoms with Crippen molar-refractivity contribution in [3.8, 4) is 0 Å². The number of carboxylic acids is 1. The third-order valence-corrected chi connectivity index (χ3v) is 2.80. The standard InChI is InChI=1S/C15H20N4O2/c1-4-5-6-12(15(20)21)14-9-18-13(10-19(14)3)11(7-16)8-17-2/h5-10,16-17H,4H2,1-3H3,(H,20,21)/b6-5-,11-8+,14-12+,16-7?. The molecule has 1 heterocycles. The van der Waals surface area contributed by atoms with E-state index in [-0.39, 0.29) is 5.57 Å². The normalized spacial score (nSPS) is 17.8. The number of carbonyl (C=O) groups is 1. The van der Waals surface area contributed by atoms with Gasteiger partial charge in [0.05, 0.1) is 23.2 Å². The molecule has 6 heteroatoms. The van der Waals surface area contributed by atoms with Crippen molar-refractivity contribution < 1.29 is 9.90 Å². The van der Waals surface area contributed by atoms with E-state index in [0.717, 1.165) is 6.42 Å². The summed E-state index contributed by atoms with van der Waals surface area (Å²) in [4.78, 5) is 17.3. The summed E-state index contributed by atoms with van der Waals surface area (Å²) in [6.07, 6.45) is 10.2. The molecule has 0 amide bonds. The van der Waals surface area contributed by atoms with Crippen LogP contribution in [0.25, 0.3) is 0 Å². The highest BCUT2D eigenvalue weighted by Gasteiger charge is 2.17. The summed E-state index contributed by atoms with van der Waals surface area (Å²) in [7, 11) is 3.49. The summed E-state index contributed by atoms with van der Waals surface area (Å²) in [5.74, 6) is -0.997. The molecule has 112 valence electrons. The Balaban J connectivity index is 3.20. The number of rotatable bonds is 6. The second kappa shape index (κ2) is 7.84. The molecule has 0 saturated carbocycles. The van der Waals surface area contributed by atoms with Crippen LogP contribution >= 0.6 is 0 Å². The first-order valence-corrected chi connectivity index (χ1v) is 6.56. The highest BCUT2D eigenvalue weighted by molar-refractivity contribution is 5.99. The third-order valence-electron chi connectivity index (χ3n) is 2.80. The SMILES string of the molecule is CC/C=C\C(C(=O)O)=C1\C=NC(/C(C=N)=C/NC)=CN1C. The molecule has 0 spiro atoms. The van der Waals surface area contributed by atoms with Crippen molar-refractivity contribution in [3.63, 3.8) is 0 Å². The predicted octanol–water partition coefficient (Wildman–Crippen LogP) is 1.90. The van der Waals surface area contributed by atoms with Gasteiger partial charge in [-0.15, -0.1) is 0 Å². The Morgan fingerprint density at radius 3 is 2.76 bits per heavy atom. The fourth-order valence-corrected chi connectivity index (χ4v) is 1.76. The van der Waals surface area contributed by atoms with Gasteiger partial charge in [-0.25, -0.2) is 4.79 Å². The molecule has 3 N–H and O–H groups in total. The molecule has 0 aliphatic carbocycles. The van der Waals surface area contributed by atoms with Crippen LogP contribution in [-0.4, -0.2) is 42.5 Å². The van der Waals surface area contributed by atoms with Crippen LogP contribution in [0.1, 0.15) is 13.3 Å². The molecular weight excluding hydrogens is 268 g/mol. The molecule has 0 atom stereocenters. The average molecular weight is 288 g/mol. The number of carboxylic acid groups (broad SMARTS) is 1. The summed E-state index contributed by atoms with van der Waals surface area (Å²) in [6.45, 7) is 1.94. The summed E-state index contributed by atoms with van der Waals surface area (Å²) >= 11 is 0. The molecule has 0 aromatic carbocycles. The fourth-order valence-electron chi connectivity index (χ4n) is 1.76. The number of allylic oxidation sites excluding steroid dienone is 3. The molecule has 1 aliphatic rings. The Morgan fingerprint density at radius 2 is 2.29 bits per heavy atom. The van der Waals surface area contributed by atoms with Gasteiger partial charge in [-0.1, -0.05) is 13.0 Å². The monoisotopic (exact) mass is 288 g/mol. The second-order valence-corrected chi connectivity index (χ2v) is 4.33. The van der Waals surface area contributed by atoms with E-state index < -0.39 is 5.97 Å². The highest BCUT2D eigenvalue weighted by Crippen LogP contribution is 2.20. The van der Waals surface area contributed by atoms with E-state index in [2.05, 4.69) is 10.3 Å². The number of nitrogens with one attached hydrogen (secondary N) is 2. The average Bonchev–Trinajstić information content (AvgIpc) is 2.46. The minimum atomic E-state index is -0.997. The van der Waals surface area contributed by atoms with Gasteiger partial charge in [0, 0.05) is 38.3 Å². The lowest BCUT2D eigenvalue weighted by atomic mass is 10.1. The first-order valence-electron chi connectivity index (χ1n) is 6.56. The molecule has 0 radical (unpaired) electrons. The zero-order valence-corrected chi connectivity index (χ0v) is 12.4. The molecule has 6 nitrogen and oxygen atoms in total. The van der Waals surface area contributed by atoms with Crippen LogP contribution < -0.4 is 5.32 Å². The summed E-state index contributed by atoms with van der Waals surface area (Å²) in [5, 5.41) is 19.5. The van der Waals surface area contributed by atoms with Crippen molar-refractivity contribution in [3.05, 3.63) is 47.1 Å². The fraction of sp³-hybridized carbons (Fsp3) is 0.267. The molecular formula is C15H20N4O2. The lowest BCUT2D eigenvalue weighted by Gasteiger charge is -2.22. The summed E-state index contributed by atoms with van der Waals surface area (Å²) in [6, 6.07) is 0. The molecule has 1 aliphatic heterocycles. The molecule has 0 fully saturated rings. The van der Waals surface area contributed by atoms with Gasteiger partial charge in [-0.3, -0.25) is 4.99 Å². The first kappa shape index (κ1) is 16.4. The van der Waals surface area contributed by atoms with E-state index >= 15 is 0 Å². The van der Waals surface area contributed by atoms with E-state index in [0.29, 0.717) is 17.0 Å². The lowest BCUT2D eigenvalue weighted by molar-refractivity contribution is -0.132. The van der Waals surface area contributed by atoms with Crippen molar-refractivity contribution in [1.29, 1.82) is 5.41 Å². The molecule has 0 aromatic heterocycles. The van der Waals surface area contributed by atoms with Crippen LogP contribution in [-0.2, 0) is 4.79 Å². The smallest absolute Gasteiger partial charge is 0.337 e. The lowest BCUT2D eigenvalue weighted by Crippen LogP contribution is -2.21. The Bertz CT molecular complexity index is 568. The minimum Gasteiger partial charge on any atom is -0.478 e. The highest BCUT2D eigenvalue weighted by atomic mass is 16.4. The number of hydrogen-bond acceptors (Lipinski definition) is 5. The number of aliphatic imine (C=N–C) groups is 1. The van der Waals surface area contributed by atoms with E-state index in [1.54, 1.807) is 43.5 Å². The van der Waals surface area contributed by atoms with Gasteiger partial charge >= 0.3 is 5.97 Å². The quantitative estimate of drug-likeness (QED) is 0.514. The number of nitrogens with zero attached hydrogens (tertiary/aromatic N) is 2. The van der Waals surface area contributed by atoms with Gasteiger partial charge in [-0.05, 0) is 12.5 Å². The van der Waals surface area contributed by atoms with Gasteiger partial charge in [-0.2, -0.15) is 0 Å². The Morgan fingerprint density at radius 1 is 1.57 bits per heavy atom.